The number of ether oxygens (including phenoxy) is 1. The van der Waals surface area contributed by atoms with Crippen molar-refractivity contribution in [1.29, 1.82) is 0 Å². The summed E-state index contributed by atoms with van der Waals surface area (Å²) in [5.41, 5.74) is 3.04. The van der Waals surface area contributed by atoms with Crippen molar-refractivity contribution >= 4 is 29.1 Å². The van der Waals surface area contributed by atoms with Crippen LogP contribution in [0.2, 0.25) is 0 Å². The van der Waals surface area contributed by atoms with Crippen molar-refractivity contribution in [2.45, 2.75) is 25.8 Å². The molecule has 1 fully saturated rings. The first-order chi connectivity index (χ1) is 15.6. The molecule has 1 saturated heterocycles. The van der Waals surface area contributed by atoms with E-state index in [1.54, 1.807) is 7.11 Å². The first-order valence-electron chi connectivity index (χ1n) is 11.0. The molecule has 1 unspecified atom stereocenters. The summed E-state index contributed by atoms with van der Waals surface area (Å²) < 4.78 is 5.22. The number of hydrogen-bond donors (Lipinski definition) is 2. The van der Waals surface area contributed by atoms with E-state index < -0.39 is 6.04 Å². The highest BCUT2D eigenvalue weighted by Gasteiger charge is 2.30. The lowest BCUT2D eigenvalue weighted by Gasteiger charge is -2.38. The number of aliphatic imine (C=N–C) groups is 1. The summed E-state index contributed by atoms with van der Waals surface area (Å²) in [5.74, 6) is 0.863. The van der Waals surface area contributed by atoms with Crippen LogP contribution in [0.4, 0.5) is 11.4 Å². The third-order valence-electron chi connectivity index (χ3n) is 5.86. The summed E-state index contributed by atoms with van der Waals surface area (Å²) in [4.78, 5) is 33.9. The summed E-state index contributed by atoms with van der Waals surface area (Å²) in [7, 11) is 1.66. The molecule has 2 aliphatic heterocycles. The van der Waals surface area contributed by atoms with Gasteiger partial charge in [0.05, 0.1) is 13.5 Å². The summed E-state index contributed by atoms with van der Waals surface area (Å²) in [6, 6.07) is 15.0. The van der Waals surface area contributed by atoms with E-state index in [1.165, 1.54) is 5.56 Å². The summed E-state index contributed by atoms with van der Waals surface area (Å²) in [5, 5.41) is 5.72. The number of nitrogens with one attached hydrogen (secondary N) is 2. The van der Waals surface area contributed by atoms with Crippen LogP contribution in [0.15, 0.2) is 53.5 Å². The van der Waals surface area contributed by atoms with Gasteiger partial charge in [-0.15, -0.1) is 0 Å². The standard InChI is InChI=1S/C24H29N5O3/c1-3-17-4-6-18(7-5-17)25-23(31)21-16-22(30)27-24(26-21)29-14-12-28(13-15-29)19-8-10-20(32-2)11-9-19/h4-11,21H,3,12-16H2,1-2H3,(H,25,31)(H,26,27,30). The Labute approximate surface area is 188 Å². The van der Waals surface area contributed by atoms with Gasteiger partial charge in [0.15, 0.2) is 0 Å². The molecular weight excluding hydrogens is 406 g/mol. The second-order valence-electron chi connectivity index (χ2n) is 7.93. The van der Waals surface area contributed by atoms with Crippen LogP contribution in [0, 0.1) is 0 Å². The lowest BCUT2D eigenvalue weighted by atomic mass is 10.1. The maximum Gasteiger partial charge on any atom is 0.249 e. The zero-order valence-corrected chi connectivity index (χ0v) is 18.5. The number of aryl methyl sites for hydroxylation is 1. The molecule has 8 nitrogen and oxygen atoms in total. The van der Waals surface area contributed by atoms with Gasteiger partial charge < -0.3 is 19.9 Å². The molecule has 4 rings (SSSR count). The van der Waals surface area contributed by atoms with Crippen LogP contribution >= 0.6 is 0 Å². The fourth-order valence-corrected chi connectivity index (χ4v) is 3.91. The van der Waals surface area contributed by atoms with Crippen LogP contribution < -0.4 is 20.3 Å². The Kier molecular flexibility index (Phi) is 6.58. The van der Waals surface area contributed by atoms with Gasteiger partial charge in [-0.2, -0.15) is 0 Å². The van der Waals surface area contributed by atoms with Crippen molar-refractivity contribution in [3.05, 3.63) is 54.1 Å². The van der Waals surface area contributed by atoms with Crippen molar-refractivity contribution in [2.75, 3.05) is 43.5 Å². The largest absolute Gasteiger partial charge is 0.497 e. The molecule has 0 saturated carbocycles. The maximum absolute atomic E-state index is 12.8. The molecule has 2 aromatic carbocycles. The predicted octanol–water partition coefficient (Wildman–Crippen LogP) is 2.26. The molecule has 168 valence electrons. The van der Waals surface area contributed by atoms with Crippen LogP contribution in [0.25, 0.3) is 0 Å². The molecule has 2 amide bonds. The van der Waals surface area contributed by atoms with Gasteiger partial charge in [0.1, 0.15) is 11.8 Å². The molecule has 2 aliphatic rings. The number of benzene rings is 2. The molecule has 0 bridgehead atoms. The Bertz CT molecular complexity index is 980. The summed E-state index contributed by atoms with van der Waals surface area (Å²) >= 11 is 0. The molecule has 32 heavy (non-hydrogen) atoms. The van der Waals surface area contributed by atoms with Crippen LogP contribution in [0.1, 0.15) is 18.9 Å². The van der Waals surface area contributed by atoms with E-state index >= 15 is 0 Å². The molecule has 2 N–H and O–H groups in total. The highest BCUT2D eigenvalue weighted by Crippen LogP contribution is 2.21. The third kappa shape index (κ3) is 5.01. The highest BCUT2D eigenvalue weighted by molar-refractivity contribution is 6.06. The Balaban J connectivity index is 1.38. The summed E-state index contributed by atoms with van der Waals surface area (Å²) in [6.45, 7) is 5.08. The number of carbonyl (C=O) groups is 2. The minimum absolute atomic E-state index is 0.0498. The first kappa shape index (κ1) is 21.7. The average Bonchev–Trinajstić information content (AvgIpc) is 2.84. The lowest BCUT2D eigenvalue weighted by Crippen LogP contribution is -2.56. The number of carbonyl (C=O) groups excluding carboxylic acids is 2. The van der Waals surface area contributed by atoms with Gasteiger partial charge in [-0.1, -0.05) is 19.1 Å². The lowest BCUT2D eigenvalue weighted by molar-refractivity contribution is -0.125. The van der Waals surface area contributed by atoms with E-state index in [2.05, 4.69) is 27.4 Å². The monoisotopic (exact) mass is 435 g/mol. The number of piperazine rings is 1. The van der Waals surface area contributed by atoms with E-state index in [1.807, 2.05) is 53.4 Å². The van der Waals surface area contributed by atoms with Gasteiger partial charge in [0.25, 0.3) is 0 Å². The van der Waals surface area contributed by atoms with Crippen LogP contribution in [-0.4, -0.2) is 62.0 Å². The smallest absolute Gasteiger partial charge is 0.249 e. The van der Waals surface area contributed by atoms with Crippen LogP contribution in [-0.2, 0) is 16.0 Å². The van der Waals surface area contributed by atoms with Crippen LogP contribution in [0.3, 0.4) is 0 Å². The van der Waals surface area contributed by atoms with Gasteiger partial charge >= 0.3 is 0 Å². The molecule has 0 radical (unpaired) electrons. The topological polar surface area (TPSA) is 86.3 Å². The SMILES string of the molecule is CCc1ccc(NC(=O)C2CC(=O)NC(N3CCN(c4ccc(OC)cc4)CC3)=N2)cc1. The second-order valence-corrected chi connectivity index (χ2v) is 7.93. The van der Waals surface area contributed by atoms with E-state index in [0.29, 0.717) is 24.7 Å². The number of nitrogens with zero attached hydrogens (tertiary/aromatic N) is 3. The van der Waals surface area contributed by atoms with Crippen molar-refractivity contribution < 1.29 is 14.3 Å². The van der Waals surface area contributed by atoms with E-state index in [4.69, 9.17) is 4.74 Å². The third-order valence-corrected chi connectivity index (χ3v) is 5.86. The number of anilines is 2. The van der Waals surface area contributed by atoms with Crippen molar-refractivity contribution in [1.82, 2.24) is 10.2 Å². The zero-order valence-electron chi connectivity index (χ0n) is 18.5. The van der Waals surface area contributed by atoms with Crippen LogP contribution in [0.5, 0.6) is 5.75 Å². The fourth-order valence-electron chi connectivity index (χ4n) is 3.91. The van der Waals surface area contributed by atoms with Crippen molar-refractivity contribution in [3.8, 4) is 5.75 Å². The Morgan fingerprint density at radius 1 is 1.06 bits per heavy atom. The minimum atomic E-state index is -0.732. The second kappa shape index (κ2) is 9.72. The highest BCUT2D eigenvalue weighted by atomic mass is 16.5. The molecule has 2 heterocycles. The normalized spacial score (nSPS) is 18.6. The van der Waals surface area contributed by atoms with E-state index in [-0.39, 0.29) is 18.2 Å². The molecule has 0 spiro atoms. The van der Waals surface area contributed by atoms with Crippen molar-refractivity contribution in [2.24, 2.45) is 4.99 Å². The Morgan fingerprint density at radius 2 is 1.72 bits per heavy atom. The van der Waals surface area contributed by atoms with E-state index in [9.17, 15) is 9.59 Å². The quantitative estimate of drug-likeness (QED) is 0.753. The zero-order chi connectivity index (χ0) is 22.5. The number of guanidine groups is 1. The molecule has 1 atom stereocenters. The number of hydrogen-bond acceptors (Lipinski definition) is 6. The first-order valence-corrected chi connectivity index (χ1v) is 11.0. The number of rotatable bonds is 5. The van der Waals surface area contributed by atoms with Gasteiger partial charge in [-0.25, -0.2) is 4.99 Å². The Morgan fingerprint density at radius 3 is 2.34 bits per heavy atom. The fraction of sp³-hybridized carbons (Fsp3) is 0.375. The predicted molar refractivity (Wildman–Crippen MR) is 125 cm³/mol. The van der Waals surface area contributed by atoms with E-state index in [0.717, 1.165) is 30.9 Å². The van der Waals surface area contributed by atoms with Gasteiger partial charge in [-0.3, -0.25) is 14.9 Å². The maximum atomic E-state index is 12.8. The molecule has 2 aromatic rings. The van der Waals surface area contributed by atoms with Crippen molar-refractivity contribution in [3.63, 3.8) is 0 Å². The molecule has 0 aromatic heterocycles. The van der Waals surface area contributed by atoms with Gasteiger partial charge in [-0.05, 0) is 48.4 Å². The summed E-state index contributed by atoms with van der Waals surface area (Å²) in [6.07, 6.45) is 0.991. The molecule has 0 aliphatic carbocycles. The average molecular weight is 436 g/mol. The van der Waals surface area contributed by atoms with Gasteiger partial charge in [0, 0.05) is 37.6 Å². The molecule has 8 heteroatoms. The minimum Gasteiger partial charge on any atom is -0.497 e. The molecular formula is C24H29N5O3. The van der Waals surface area contributed by atoms with Gasteiger partial charge in [0.2, 0.25) is 17.8 Å². The number of methoxy groups -OCH3 is 1. The number of amides is 2. The Hall–Kier alpha value is -3.55.